The summed E-state index contributed by atoms with van der Waals surface area (Å²) in [6.07, 6.45) is 4.14. The lowest BCUT2D eigenvalue weighted by Gasteiger charge is -2.10. The Morgan fingerprint density at radius 3 is 1.77 bits per heavy atom. The molecule has 0 unspecified atom stereocenters. The summed E-state index contributed by atoms with van der Waals surface area (Å²) in [7, 11) is 0. The number of para-hydroxylation sites is 1. The summed E-state index contributed by atoms with van der Waals surface area (Å²) in [5.41, 5.74) is 11.0. The molecule has 3 nitrogen and oxygen atoms in total. The Hall–Kier alpha value is -6.62. The number of aromatic nitrogens is 3. The van der Waals surface area contributed by atoms with E-state index >= 15 is 0 Å². The van der Waals surface area contributed by atoms with E-state index in [1.807, 2.05) is 53.8 Å². The molecule has 0 spiro atoms. The molecule has 4 heteroatoms. The summed E-state index contributed by atoms with van der Waals surface area (Å²) >= 11 is 1.86. The van der Waals surface area contributed by atoms with E-state index in [1.165, 1.54) is 53.1 Å². The minimum absolute atomic E-state index is 0.675. The fraction of sp³-hybridized carbons (Fsp3) is 0. The van der Waals surface area contributed by atoms with Crippen LogP contribution in [-0.2, 0) is 0 Å². The van der Waals surface area contributed by atoms with Gasteiger partial charge in [-0.25, -0.2) is 9.97 Å². The van der Waals surface area contributed by atoms with E-state index in [4.69, 9.17) is 9.97 Å². The molecule has 0 atom stereocenters. The van der Waals surface area contributed by atoms with Gasteiger partial charge in [-0.1, -0.05) is 133 Å². The molecule has 0 aliphatic heterocycles. The standard InChI is InChI=1S/C48H31N3S/c1-3-11-34(12-4-1)42-31-43(35-13-5-2-6-14-35)50-48(49-42)28-20-32-19-27-45-41(29-32)38-15-7-9-17-44(38)51(45)37-24-21-33(22-25-37)36-23-26-40-39-16-8-10-18-46(39)52-47(40)30-36/h1-31H. The predicted molar refractivity (Wildman–Crippen MR) is 221 cm³/mol. The van der Waals surface area contributed by atoms with Crippen LogP contribution in [0.4, 0.5) is 0 Å². The van der Waals surface area contributed by atoms with Gasteiger partial charge in [0.1, 0.15) is 0 Å². The van der Waals surface area contributed by atoms with E-state index in [0.29, 0.717) is 5.82 Å². The molecule has 0 fully saturated rings. The number of benzene rings is 7. The summed E-state index contributed by atoms with van der Waals surface area (Å²) in [6, 6.07) is 62.5. The Morgan fingerprint density at radius 1 is 0.404 bits per heavy atom. The Kier molecular flexibility index (Phi) is 7.33. The van der Waals surface area contributed by atoms with Crippen molar-refractivity contribution in [3.05, 3.63) is 187 Å². The van der Waals surface area contributed by atoms with Crippen molar-refractivity contribution in [3.8, 4) is 39.3 Å². The molecule has 52 heavy (non-hydrogen) atoms. The molecule has 10 aromatic rings. The molecule has 0 N–H and O–H groups in total. The van der Waals surface area contributed by atoms with Crippen LogP contribution in [0.3, 0.4) is 0 Å². The van der Waals surface area contributed by atoms with Gasteiger partial charge in [-0.05, 0) is 71.3 Å². The van der Waals surface area contributed by atoms with Gasteiger partial charge in [0, 0.05) is 47.8 Å². The van der Waals surface area contributed by atoms with Gasteiger partial charge < -0.3 is 4.57 Å². The third-order valence-electron chi connectivity index (χ3n) is 9.84. The molecule has 0 bridgehead atoms. The van der Waals surface area contributed by atoms with Crippen molar-refractivity contribution in [1.82, 2.24) is 14.5 Å². The molecule has 0 radical (unpaired) electrons. The molecule has 10 rings (SSSR count). The van der Waals surface area contributed by atoms with Crippen LogP contribution in [-0.4, -0.2) is 14.5 Å². The number of hydrogen-bond acceptors (Lipinski definition) is 3. The van der Waals surface area contributed by atoms with Crippen LogP contribution in [0, 0.1) is 0 Å². The van der Waals surface area contributed by atoms with Gasteiger partial charge in [0.15, 0.2) is 5.82 Å². The van der Waals surface area contributed by atoms with Gasteiger partial charge in [-0.2, -0.15) is 0 Å². The largest absolute Gasteiger partial charge is 0.309 e. The fourth-order valence-corrected chi connectivity index (χ4v) is 8.45. The van der Waals surface area contributed by atoms with Crippen molar-refractivity contribution in [2.75, 3.05) is 0 Å². The number of fused-ring (bicyclic) bond motifs is 6. The third-order valence-corrected chi connectivity index (χ3v) is 11.0. The molecule has 0 saturated carbocycles. The first kappa shape index (κ1) is 30.2. The highest BCUT2D eigenvalue weighted by atomic mass is 32.1. The predicted octanol–water partition coefficient (Wildman–Crippen LogP) is 13.1. The molecule has 0 amide bonds. The Balaban J connectivity index is 1.01. The van der Waals surface area contributed by atoms with Crippen LogP contribution < -0.4 is 0 Å². The topological polar surface area (TPSA) is 30.7 Å². The number of rotatable bonds is 6. The van der Waals surface area contributed by atoms with Crippen molar-refractivity contribution in [1.29, 1.82) is 0 Å². The molecular weight excluding hydrogens is 651 g/mol. The summed E-state index contributed by atoms with van der Waals surface area (Å²) < 4.78 is 5.02. The average Bonchev–Trinajstić information content (AvgIpc) is 3.76. The molecule has 3 aromatic heterocycles. The van der Waals surface area contributed by atoms with Crippen LogP contribution in [0.25, 0.3) is 93.5 Å². The van der Waals surface area contributed by atoms with Crippen molar-refractivity contribution < 1.29 is 0 Å². The van der Waals surface area contributed by atoms with Crippen molar-refractivity contribution in [2.45, 2.75) is 0 Å². The lowest BCUT2D eigenvalue weighted by atomic mass is 10.0. The van der Waals surface area contributed by atoms with E-state index in [1.54, 1.807) is 0 Å². The van der Waals surface area contributed by atoms with Crippen LogP contribution in [0.1, 0.15) is 11.4 Å². The number of thiophene rings is 1. The molecular formula is C48H31N3S. The number of nitrogens with zero attached hydrogens (tertiary/aromatic N) is 3. The van der Waals surface area contributed by atoms with Crippen molar-refractivity contribution in [2.24, 2.45) is 0 Å². The lowest BCUT2D eigenvalue weighted by molar-refractivity contribution is 1.14. The van der Waals surface area contributed by atoms with Crippen molar-refractivity contribution in [3.63, 3.8) is 0 Å². The zero-order chi connectivity index (χ0) is 34.4. The maximum Gasteiger partial charge on any atom is 0.153 e. The minimum Gasteiger partial charge on any atom is -0.309 e. The van der Waals surface area contributed by atoms with Crippen LogP contribution >= 0.6 is 11.3 Å². The highest BCUT2D eigenvalue weighted by Gasteiger charge is 2.14. The Morgan fingerprint density at radius 2 is 1.02 bits per heavy atom. The summed E-state index contributed by atoms with van der Waals surface area (Å²) in [5.74, 6) is 0.675. The fourth-order valence-electron chi connectivity index (χ4n) is 7.31. The average molecular weight is 682 g/mol. The highest BCUT2D eigenvalue weighted by molar-refractivity contribution is 7.25. The minimum atomic E-state index is 0.675. The van der Waals surface area contributed by atoms with Crippen LogP contribution in [0.2, 0.25) is 0 Å². The zero-order valence-corrected chi connectivity index (χ0v) is 29.0. The van der Waals surface area contributed by atoms with E-state index in [9.17, 15) is 0 Å². The van der Waals surface area contributed by atoms with E-state index < -0.39 is 0 Å². The first-order valence-electron chi connectivity index (χ1n) is 17.5. The molecule has 244 valence electrons. The molecule has 7 aromatic carbocycles. The zero-order valence-electron chi connectivity index (χ0n) is 28.1. The summed E-state index contributed by atoms with van der Waals surface area (Å²) in [5, 5.41) is 5.09. The highest BCUT2D eigenvalue weighted by Crippen LogP contribution is 2.37. The summed E-state index contributed by atoms with van der Waals surface area (Å²) in [6.45, 7) is 0. The van der Waals surface area contributed by atoms with Gasteiger partial charge in [-0.3, -0.25) is 0 Å². The van der Waals surface area contributed by atoms with E-state index in [-0.39, 0.29) is 0 Å². The van der Waals surface area contributed by atoms with Gasteiger partial charge in [0.25, 0.3) is 0 Å². The van der Waals surface area contributed by atoms with Crippen LogP contribution in [0.5, 0.6) is 0 Å². The van der Waals surface area contributed by atoms with Gasteiger partial charge >= 0.3 is 0 Å². The number of hydrogen-bond donors (Lipinski definition) is 0. The summed E-state index contributed by atoms with van der Waals surface area (Å²) in [4.78, 5) is 9.90. The third kappa shape index (κ3) is 5.38. The normalized spacial score (nSPS) is 11.8. The quantitative estimate of drug-likeness (QED) is 0.175. The molecule has 0 saturated heterocycles. The second-order valence-corrected chi connectivity index (χ2v) is 14.1. The molecule has 0 aliphatic rings. The van der Waals surface area contributed by atoms with Crippen molar-refractivity contribution >= 4 is 65.5 Å². The molecule has 0 aliphatic carbocycles. The maximum absolute atomic E-state index is 4.95. The van der Waals surface area contributed by atoms with Gasteiger partial charge in [0.05, 0.1) is 22.4 Å². The second-order valence-electron chi connectivity index (χ2n) is 13.0. The van der Waals surface area contributed by atoms with Crippen LogP contribution in [0.15, 0.2) is 176 Å². The van der Waals surface area contributed by atoms with Gasteiger partial charge in [0.2, 0.25) is 0 Å². The van der Waals surface area contributed by atoms with Gasteiger partial charge in [-0.15, -0.1) is 11.3 Å². The SMILES string of the molecule is C(=Cc1nc(-c2ccccc2)cc(-c2ccccc2)n1)c1ccc2c(c1)c1ccccc1n2-c1ccc(-c2ccc3c(c2)sc2ccccc23)cc1. The maximum atomic E-state index is 4.95. The molecule has 3 heterocycles. The Bertz CT molecular complexity index is 2880. The smallest absolute Gasteiger partial charge is 0.153 e. The van der Waals surface area contributed by atoms with E-state index in [0.717, 1.165) is 33.8 Å². The first-order chi connectivity index (χ1) is 25.7. The Labute approximate surface area is 305 Å². The lowest BCUT2D eigenvalue weighted by Crippen LogP contribution is -1.95. The monoisotopic (exact) mass is 681 g/mol. The van der Waals surface area contributed by atoms with E-state index in [2.05, 4.69) is 150 Å². The second kappa shape index (κ2) is 12.6. The first-order valence-corrected chi connectivity index (χ1v) is 18.3.